The number of rotatable bonds is 5. The van der Waals surface area contributed by atoms with Gasteiger partial charge >= 0.3 is 0 Å². The highest BCUT2D eigenvalue weighted by Crippen LogP contribution is 2.28. The molecule has 0 atom stereocenters. The van der Waals surface area contributed by atoms with Crippen LogP contribution in [-0.2, 0) is 12.3 Å². The van der Waals surface area contributed by atoms with Gasteiger partial charge in [0.2, 0.25) is 0 Å². The predicted molar refractivity (Wildman–Crippen MR) is 80.2 cm³/mol. The minimum Gasteiger partial charge on any atom is -0.316 e. The lowest BCUT2D eigenvalue weighted by Gasteiger charge is -2.06. The fourth-order valence-electron chi connectivity index (χ4n) is 1.73. The van der Waals surface area contributed by atoms with Crippen LogP contribution in [-0.4, -0.2) is 7.05 Å². The van der Waals surface area contributed by atoms with E-state index in [1.807, 2.05) is 19.2 Å². The van der Waals surface area contributed by atoms with Crippen molar-refractivity contribution in [2.24, 2.45) is 0 Å². The first-order valence-corrected chi connectivity index (χ1v) is 7.36. The van der Waals surface area contributed by atoms with Crippen molar-refractivity contribution < 1.29 is 4.39 Å². The van der Waals surface area contributed by atoms with Crippen LogP contribution in [0.15, 0.2) is 47.4 Å². The first-order chi connectivity index (χ1) is 9.20. The molecule has 0 bridgehead atoms. The molecule has 0 unspecified atom stereocenters. The van der Waals surface area contributed by atoms with Gasteiger partial charge in [0.05, 0.1) is 0 Å². The maximum absolute atomic E-state index is 13.6. The molecule has 0 heterocycles. The Balaban J connectivity index is 2.02. The SMILES string of the molecule is CNCc1ccc(SCc2c(F)cccc2Cl)cc1. The van der Waals surface area contributed by atoms with E-state index in [0.29, 0.717) is 16.3 Å². The molecular formula is C15H15ClFNS. The zero-order valence-corrected chi connectivity index (χ0v) is 12.2. The van der Waals surface area contributed by atoms with Crippen LogP contribution >= 0.6 is 23.4 Å². The quantitative estimate of drug-likeness (QED) is 0.816. The van der Waals surface area contributed by atoms with Gasteiger partial charge in [0, 0.05) is 27.8 Å². The Labute approximate surface area is 122 Å². The maximum atomic E-state index is 13.6. The van der Waals surface area contributed by atoms with Crippen molar-refractivity contribution in [3.8, 4) is 0 Å². The lowest BCUT2D eigenvalue weighted by atomic mass is 10.2. The van der Waals surface area contributed by atoms with Crippen molar-refractivity contribution in [3.63, 3.8) is 0 Å². The van der Waals surface area contributed by atoms with Crippen molar-refractivity contribution >= 4 is 23.4 Å². The van der Waals surface area contributed by atoms with Gasteiger partial charge in [-0.2, -0.15) is 0 Å². The monoisotopic (exact) mass is 295 g/mol. The third kappa shape index (κ3) is 3.96. The van der Waals surface area contributed by atoms with Crippen LogP contribution in [0.25, 0.3) is 0 Å². The molecule has 0 aliphatic rings. The van der Waals surface area contributed by atoms with Gasteiger partial charge in [0.25, 0.3) is 0 Å². The molecule has 2 rings (SSSR count). The van der Waals surface area contributed by atoms with Gasteiger partial charge in [-0.25, -0.2) is 4.39 Å². The molecule has 0 radical (unpaired) electrons. The van der Waals surface area contributed by atoms with Gasteiger partial charge in [-0.3, -0.25) is 0 Å². The van der Waals surface area contributed by atoms with E-state index in [1.54, 1.807) is 23.9 Å². The van der Waals surface area contributed by atoms with Crippen molar-refractivity contribution in [3.05, 3.63) is 64.4 Å². The Morgan fingerprint density at radius 1 is 1.16 bits per heavy atom. The zero-order chi connectivity index (χ0) is 13.7. The number of hydrogen-bond donors (Lipinski definition) is 1. The molecule has 100 valence electrons. The summed E-state index contributed by atoms with van der Waals surface area (Å²) in [5, 5.41) is 3.59. The van der Waals surface area contributed by atoms with E-state index in [1.165, 1.54) is 11.6 Å². The summed E-state index contributed by atoms with van der Waals surface area (Å²) < 4.78 is 13.6. The Hall–Kier alpha value is -1.03. The van der Waals surface area contributed by atoms with Crippen LogP contribution < -0.4 is 5.32 Å². The highest BCUT2D eigenvalue weighted by atomic mass is 35.5. The fourth-order valence-corrected chi connectivity index (χ4v) is 2.98. The van der Waals surface area contributed by atoms with E-state index in [4.69, 9.17) is 11.6 Å². The molecule has 0 saturated heterocycles. The Morgan fingerprint density at radius 3 is 2.53 bits per heavy atom. The molecule has 0 aliphatic carbocycles. The molecule has 0 amide bonds. The summed E-state index contributed by atoms with van der Waals surface area (Å²) in [6, 6.07) is 13.0. The Morgan fingerprint density at radius 2 is 1.89 bits per heavy atom. The van der Waals surface area contributed by atoms with Gasteiger partial charge in [-0.1, -0.05) is 29.8 Å². The molecular weight excluding hydrogens is 281 g/mol. The normalized spacial score (nSPS) is 10.7. The van der Waals surface area contributed by atoms with Crippen molar-refractivity contribution in [1.29, 1.82) is 0 Å². The zero-order valence-electron chi connectivity index (χ0n) is 10.6. The molecule has 0 aromatic heterocycles. The van der Waals surface area contributed by atoms with Gasteiger partial charge in [0.15, 0.2) is 0 Å². The number of thioether (sulfide) groups is 1. The lowest BCUT2D eigenvalue weighted by Crippen LogP contribution is -2.04. The molecule has 2 aromatic rings. The summed E-state index contributed by atoms with van der Waals surface area (Å²) in [5.41, 5.74) is 1.80. The van der Waals surface area contributed by atoms with Crippen molar-refractivity contribution in [2.75, 3.05) is 7.05 Å². The molecule has 2 aromatic carbocycles. The minimum absolute atomic E-state index is 0.244. The molecule has 0 saturated carbocycles. The van der Waals surface area contributed by atoms with Gasteiger partial charge in [0.1, 0.15) is 5.82 Å². The summed E-state index contributed by atoms with van der Waals surface area (Å²) in [4.78, 5) is 1.11. The molecule has 1 N–H and O–H groups in total. The second-order valence-corrected chi connectivity index (χ2v) is 5.62. The smallest absolute Gasteiger partial charge is 0.128 e. The van der Waals surface area contributed by atoms with Crippen LogP contribution in [0.2, 0.25) is 5.02 Å². The summed E-state index contributed by atoms with van der Waals surface area (Å²) in [6.07, 6.45) is 0. The van der Waals surface area contributed by atoms with Crippen LogP contribution in [0, 0.1) is 5.82 Å². The summed E-state index contributed by atoms with van der Waals surface area (Å²) in [6.45, 7) is 0.851. The second kappa shape index (κ2) is 6.94. The number of benzene rings is 2. The highest BCUT2D eigenvalue weighted by Gasteiger charge is 2.07. The van der Waals surface area contributed by atoms with Crippen LogP contribution in [0.5, 0.6) is 0 Å². The van der Waals surface area contributed by atoms with Crippen molar-refractivity contribution in [1.82, 2.24) is 5.32 Å². The molecule has 4 heteroatoms. The molecule has 0 aliphatic heterocycles. The summed E-state index contributed by atoms with van der Waals surface area (Å²) >= 11 is 7.58. The highest BCUT2D eigenvalue weighted by molar-refractivity contribution is 7.98. The Bertz CT molecular complexity index is 522. The van der Waals surface area contributed by atoms with E-state index in [2.05, 4.69) is 17.4 Å². The largest absolute Gasteiger partial charge is 0.316 e. The fraction of sp³-hybridized carbons (Fsp3) is 0.200. The van der Waals surface area contributed by atoms with Crippen molar-refractivity contribution in [2.45, 2.75) is 17.2 Å². The molecule has 19 heavy (non-hydrogen) atoms. The summed E-state index contributed by atoms with van der Waals surface area (Å²) in [5.74, 6) is 0.295. The van der Waals surface area contributed by atoms with Crippen LogP contribution in [0.1, 0.15) is 11.1 Å². The van der Waals surface area contributed by atoms with E-state index in [0.717, 1.165) is 11.4 Å². The predicted octanol–water partition coefficient (Wildman–Crippen LogP) is 4.49. The topological polar surface area (TPSA) is 12.0 Å². The average Bonchev–Trinajstić information content (AvgIpc) is 2.40. The average molecular weight is 296 g/mol. The third-order valence-electron chi connectivity index (χ3n) is 2.75. The lowest BCUT2D eigenvalue weighted by molar-refractivity contribution is 0.617. The van der Waals surface area contributed by atoms with Crippen LogP contribution in [0.3, 0.4) is 0 Å². The molecule has 1 nitrogen and oxygen atoms in total. The number of nitrogens with one attached hydrogen (secondary N) is 1. The second-order valence-electron chi connectivity index (χ2n) is 4.16. The molecule has 0 spiro atoms. The number of hydrogen-bond acceptors (Lipinski definition) is 2. The summed E-state index contributed by atoms with van der Waals surface area (Å²) in [7, 11) is 1.92. The Kier molecular flexibility index (Phi) is 5.25. The van der Waals surface area contributed by atoms with E-state index >= 15 is 0 Å². The molecule has 0 fully saturated rings. The minimum atomic E-state index is -0.244. The maximum Gasteiger partial charge on any atom is 0.128 e. The standard InChI is InChI=1S/C15H15ClFNS/c1-18-9-11-5-7-12(8-6-11)19-10-13-14(16)3-2-4-15(13)17/h2-8,18H,9-10H2,1H3. The van der Waals surface area contributed by atoms with E-state index < -0.39 is 0 Å². The first kappa shape index (κ1) is 14.4. The van der Waals surface area contributed by atoms with Gasteiger partial charge in [-0.05, 0) is 36.9 Å². The van der Waals surface area contributed by atoms with Gasteiger partial charge < -0.3 is 5.32 Å². The van der Waals surface area contributed by atoms with E-state index in [9.17, 15) is 4.39 Å². The number of halogens is 2. The first-order valence-electron chi connectivity index (χ1n) is 6.00. The van der Waals surface area contributed by atoms with E-state index in [-0.39, 0.29) is 5.82 Å². The third-order valence-corrected chi connectivity index (χ3v) is 4.14. The van der Waals surface area contributed by atoms with Crippen LogP contribution in [0.4, 0.5) is 4.39 Å². The van der Waals surface area contributed by atoms with Gasteiger partial charge in [-0.15, -0.1) is 11.8 Å².